The molecule has 4 aliphatic carbocycles. The van der Waals surface area contributed by atoms with Crippen LogP contribution in [0.5, 0.6) is 0 Å². The van der Waals surface area contributed by atoms with Crippen molar-refractivity contribution < 1.29 is 39.4 Å². The molecule has 14 atom stereocenters. The van der Waals surface area contributed by atoms with Gasteiger partial charge in [0.2, 0.25) is 0 Å². The van der Waals surface area contributed by atoms with Crippen molar-refractivity contribution in [3.05, 3.63) is 24.3 Å². The van der Waals surface area contributed by atoms with Crippen LogP contribution in [0.4, 0.5) is 0 Å². The van der Waals surface area contributed by atoms with Crippen molar-refractivity contribution in [3.63, 3.8) is 0 Å². The number of hydrogen-bond donors (Lipinski definition) is 4. The molecule has 0 aromatic rings. The predicted octanol–water partition coefficient (Wildman–Crippen LogP) is 4.77. The molecule has 3 saturated carbocycles. The van der Waals surface area contributed by atoms with E-state index in [2.05, 4.69) is 72.8 Å². The molecule has 0 amide bonds. The number of ether oxygens (including phenoxy) is 4. The number of hydrogen-bond acceptors (Lipinski definition) is 8. The van der Waals surface area contributed by atoms with Crippen LogP contribution in [-0.4, -0.2) is 88.8 Å². The average Bonchev–Trinajstić information content (AvgIpc) is 3.39. The minimum Gasteiger partial charge on any atom is -0.394 e. The van der Waals surface area contributed by atoms with E-state index in [9.17, 15) is 20.4 Å². The van der Waals surface area contributed by atoms with Crippen LogP contribution in [0, 0.1) is 45.3 Å². The van der Waals surface area contributed by atoms with Gasteiger partial charge in [0.25, 0.3) is 0 Å². The number of aliphatic hydroxyl groups is 4. The van der Waals surface area contributed by atoms with Crippen LogP contribution in [0.1, 0.15) is 93.4 Å². The van der Waals surface area contributed by atoms with E-state index in [-0.39, 0.29) is 27.9 Å². The van der Waals surface area contributed by atoms with Gasteiger partial charge >= 0.3 is 0 Å². The molecule has 6 aliphatic rings. The van der Waals surface area contributed by atoms with Crippen LogP contribution in [0.15, 0.2) is 24.3 Å². The first-order chi connectivity index (χ1) is 21.0. The Hall–Kier alpha value is -0.840. The Morgan fingerprint density at radius 1 is 0.978 bits per heavy atom. The van der Waals surface area contributed by atoms with Gasteiger partial charge in [0.05, 0.1) is 30.5 Å². The van der Waals surface area contributed by atoms with Gasteiger partial charge in [0.1, 0.15) is 24.4 Å². The van der Waals surface area contributed by atoms with Crippen molar-refractivity contribution >= 4 is 0 Å². The van der Waals surface area contributed by atoms with Crippen LogP contribution < -0.4 is 0 Å². The predicted molar refractivity (Wildman–Crippen MR) is 171 cm³/mol. The highest BCUT2D eigenvalue weighted by Gasteiger charge is 2.75. The Morgan fingerprint density at radius 2 is 1.71 bits per heavy atom. The topological polar surface area (TPSA) is 118 Å². The maximum absolute atomic E-state index is 10.7. The van der Waals surface area contributed by atoms with Gasteiger partial charge in [-0.05, 0) is 87.4 Å². The molecule has 6 rings (SSSR count). The molecule has 0 radical (unpaired) electrons. The summed E-state index contributed by atoms with van der Waals surface area (Å²) >= 11 is 0. The highest BCUT2D eigenvalue weighted by molar-refractivity contribution is 5.33. The molecule has 2 heterocycles. The second kappa shape index (κ2) is 11.4. The zero-order chi connectivity index (χ0) is 32.8. The van der Waals surface area contributed by atoms with Gasteiger partial charge in [0, 0.05) is 23.9 Å². The van der Waals surface area contributed by atoms with Crippen LogP contribution in [0.2, 0.25) is 0 Å². The monoisotopic (exact) mass is 632 g/mol. The lowest BCUT2D eigenvalue weighted by Gasteiger charge is -2.65. The smallest absolute Gasteiger partial charge is 0.186 e. The maximum atomic E-state index is 10.7. The molecule has 45 heavy (non-hydrogen) atoms. The molecule has 1 spiro atoms. The van der Waals surface area contributed by atoms with Crippen LogP contribution in [0.3, 0.4) is 0 Å². The SMILES string of the molecule is COC(C)(C)C=CCC(C)[C@@H]1CC[C@@]2(C)[C@@H]3C=C[C@@]45OC[C@]3(CC[C@]12C)[C@H]4CCC(OC1OC(CO)C(O)C(O)C1O)C5(C)C. The molecule has 4 N–H and O–H groups in total. The Kier molecular flexibility index (Phi) is 8.60. The van der Waals surface area contributed by atoms with E-state index in [1.165, 1.54) is 25.7 Å². The third-order valence-electron chi connectivity index (χ3n) is 14.8. The number of methoxy groups -OCH3 is 1. The van der Waals surface area contributed by atoms with E-state index in [0.717, 1.165) is 25.9 Å². The van der Waals surface area contributed by atoms with E-state index in [4.69, 9.17) is 18.9 Å². The first-order valence-corrected chi connectivity index (χ1v) is 17.6. The number of fused-ring (bicyclic) bond motifs is 2. The Bertz CT molecular complexity index is 1170. The molecule has 5 fully saturated rings. The van der Waals surface area contributed by atoms with Crippen LogP contribution in [0.25, 0.3) is 0 Å². The lowest BCUT2D eigenvalue weighted by molar-refractivity contribution is -0.329. The largest absolute Gasteiger partial charge is 0.394 e. The summed E-state index contributed by atoms with van der Waals surface area (Å²) in [6.07, 6.45) is 10.5. The van der Waals surface area contributed by atoms with Gasteiger partial charge < -0.3 is 39.4 Å². The summed E-state index contributed by atoms with van der Waals surface area (Å²) in [5, 5.41) is 41.1. The molecular formula is C37H60O8. The molecule has 2 aliphatic heterocycles. The van der Waals surface area contributed by atoms with Gasteiger partial charge in [0.15, 0.2) is 6.29 Å². The summed E-state index contributed by atoms with van der Waals surface area (Å²) in [4.78, 5) is 0. The summed E-state index contributed by atoms with van der Waals surface area (Å²) < 4.78 is 24.9. The third kappa shape index (κ3) is 4.74. The van der Waals surface area contributed by atoms with Crippen molar-refractivity contribution in [2.24, 2.45) is 45.3 Å². The molecule has 8 nitrogen and oxygen atoms in total. The van der Waals surface area contributed by atoms with Gasteiger partial charge in [-0.1, -0.05) is 58.9 Å². The summed E-state index contributed by atoms with van der Waals surface area (Å²) in [6, 6.07) is 0. The molecule has 7 unspecified atom stereocenters. The lowest BCUT2D eigenvalue weighted by Crippen LogP contribution is -2.66. The summed E-state index contributed by atoms with van der Waals surface area (Å²) in [6.45, 7) is 16.6. The van der Waals surface area contributed by atoms with E-state index in [0.29, 0.717) is 23.7 Å². The Labute approximate surface area is 270 Å². The van der Waals surface area contributed by atoms with E-state index < -0.39 is 48.3 Å². The average molecular weight is 633 g/mol. The van der Waals surface area contributed by atoms with Crippen molar-refractivity contribution in [2.75, 3.05) is 20.3 Å². The molecule has 8 heteroatoms. The molecule has 2 bridgehead atoms. The maximum Gasteiger partial charge on any atom is 0.186 e. The van der Waals surface area contributed by atoms with E-state index in [1.807, 2.05) is 0 Å². The third-order valence-corrected chi connectivity index (χ3v) is 14.8. The highest BCUT2D eigenvalue weighted by atomic mass is 16.7. The van der Waals surface area contributed by atoms with Gasteiger partial charge in [-0.3, -0.25) is 0 Å². The molecule has 256 valence electrons. The van der Waals surface area contributed by atoms with Crippen molar-refractivity contribution in [1.29, 1.82) is 0 Å². The van der Waals surface area contributed by atoms with Gasteiger partial charge in [-0.25, -0.2) is 0 Å². The molecule has 0 aromatic carbocycles. The number of rotatable bonds is 8. The molecule has 2 saturated heterocycles. The molecular weight excluding hydrogens is 572 g/mol. The second-order valence-corrected chi connectivity index (χ2v) is 17.2. The first kappa shape index (κ1) is 34.0. The Balaban J connectivity index is 1.24. The minimum atomic E-state index is -1.46. The van der Waals surface area contributed by atoms with Crippen molar-refractivity contribution in [2.45, 2.75) is 141 Å². The standard InChI is InChI=1S/C37H60O8/c1-22(10-9-15-32(2,3)42-8)23-13-16-35(7)25-14-17-37-26(36(25,21-43-37)19-18-34(23,35)6)11-12-27(33(37,4)5)45-31-30(41)29(40)28(39)24(20-38)44-31/h9,14-15,17,22-31,38-41H,10-13,16,18-21H2,1-8H3/t22?,23-,24?,25-,26+,27?,28?,29?,30?,31?,34+,35-,36-,37+/m0/s1. The number of allylic oxidation sites excluding steroid dienone is 2. The van der Waals surface area contributed by atoms with Crippen molar-refractivity contribution in [3.8, 4) is 0 Å². The zero-order valence-corrected chi connectivity index (χ0v) is 28.9. The Morgan fingerprint density at radius 3 is 2.40 bits per heavy atom. The summed E-state index contributed by atoms with van der Waals surface area (Å²) in [5.74, 6) is 2.12. The quantitative estimate of drug-likeness (QED) is 0.283. The lowest BCUT2D eigenvalue weighted by atomic mass is 9.38. The van der Waals surface area contributed by atoms with Crippen LogP contribution >= 0.6 is 0 Å². The highest BCUT2D eigenvalue weighted by Crippen LogP contribution is 2.77. The van der Waals surface area contributed by atoms with Gasteiger partial charge in [-0.2, -0.15) is 0 Å². The zero-order valence-electron chi connectivity index (χ0n) is 28.9. The first-order valence-electron chi connectivity index (χ1n) is 17.6. The van der Waals surface area contributed by atoms with E-state index >= 15 is 0 Å². The fourth-order valence-electron chi connectivity index (χ4n) is 11.6. The number of aliphatic hydroxyl groups excluding tert-OH is 4. The second-order valence-electron chi connectivity index (χ2n) is 17.2. The normalized spacial score (nSPS) is 51.2. The van der Waals surface area contributed by atoms with E-state index in [1.54, 1.807) is 7.11 Å². The summed E-state index contributed by atoms with van der Waals surface area (Å²) in [5.41, 5.74) is -0.609. The minimum absolute atomic E-state index is 0.0922. The summed E-state index contributed by atoms with van der Waals surface area (Å²) in [7, 11) is 1.77. The van der Waals surface area contributed by atoms with Gasteiger partial charge in [-0.15, -0.1) is 0 Å². The molecule has 0 aromatic heterocycles. The fourth-order valence-corrected chi connectivity index (χ4v) is 11.6. The van der Waals surface area contributed by atoms with Crippen LogP contribution in [-0.2, 0) is 18.9 Å². The fraction of sp³-hybridized carbons (Fsp3) is 0.892. The van der Waals surface area contributed by atoms with Crippen molar-refractivity contribution in [1.82, 2.24) is 0 Å².